The Balaban J connectivity index is 1.26. The molecule has 11 nitrogen and oxygen atoms in total. The Morgan fingerprint density at radius 2 is 1.20 bits per heavy atom. The minimum absolute atomic E-state index is 0.0190. The zero-order chi connectivity index (χ0) is 37.3. The summed E-state index contributed by atoms with van der Waals surface area (Å²) in [6.07, 6.45) is 1.71. The molecule has 54 heavy (non-hydrogen) atoms. The maximum absolute atomic E-state index is 15.0. The minimum atomic E-state index is -1.20. The number of aromatic nitrogens is 2. The van der Waals surface area contributed by atoms with Crippen molar-refractivity contribution >= 4 is 17.9 Å². The maximum atomic E-state index is 15.0. The van der Waals surface area contributed by atoms with Crippen molar-refractivity contribution in [1.29, 1.82) is 0 Å². The number of amides is 3. The van der Waals surface area contributed by atoms with Crippen LogP contribution < -0.4 is 10.6 Å². The second kappa shape index (κ2) is 17.4. The van der Waals surface area contributed by atoms with E-state index in [1.54, 1.807) is 10.9 Å². The molecular weight excluding hydrogens is 679 g/mol. The Bertz CT molecular complexity index is 1990. The van der Waals surface area contributed by atoms with Gasteiger partial charge in [-0.15, -0.1) is 0 Å². The van der Waals surface area contributed by atoms with E-state index in [-0.39, 0.29) is 42.7 Å². The van der Waals surface area contributed by atoms with Gasteiger partial charge in [-0.2, -0.15) is 0 Å². The van der Waals surface area contributed by atoms with Crippen molar-refractivity contribution in [2.75, 3.05) is 39.3 Å². The summed E-state index contributed by atoms with van der Waals surface area (Å²) < 4.78 is 1.80. The largest absolute Gasteiger partial charge is 0.465 e. The van der Waals surface area contributed by atoms with E-state index in [0.717, 1.165) is 22.3 Å². The highest BCUT2D eigenvalue weighted by Gasteiger charge is 2.39. The second-order valence-corrected chi connectivity index (χ2v) is 14.0. The number of piperazine rings is 2. The summed E-state index contributed by atoms with van der Waals surface area (Å²) in [5, 5.41) is 17.7. The minimum Gasteiger partial charge on any atom is -0.465 e. The van der Waals surface area contributed by atoms with Gasteiger partial charge in [0.05, 0.1) is 18.6 Å². The zero-order valence-electron chi connectivity index (χ0n) is 30.3. The molecule has 3 heterocycles. The zero-order valence-corrected chi connectivity index (χ0v) is 30.3. The fourth-order valence-electron chi connectivity index (χ4n) is 7.71. The van der Waals surface area contributed by atoms with Gasteiger partial charge in [0.25, 0.3) is 5.91 Å². The van der Waals surface area contributed by atoms with Crippen molar-refractivity contribution in [2.45, 2.75) is 44.1 Å². The summed E-state index contributed by atoms with van der Waals surface area (Å²) in [7, 11) is 0. The van der Waals surface area contributed by atoms with Crippen molar-refractivity contribution in [3.63, 3.8) is 0 Å². The van der Waals surface area contributed by atoms with Crippen LogP contribution in [0.15, 0.2) is 128 Å². The first-order chi connectivity index (χ1) is 26.5. The van der Waals surface area contributed by atoms with Gasteiger partial charge in [0.2, 0.25) is 5.91 Å². The lowest BCUT2D eigenvalue weighted by Gasteiger charge is -2.40. The molecule has 278 valence electrons. The predicted molar refractivity (Wildman–Crippen MR) is 208 cm³/mol. The second-order valence-electron chi connectivity index (χ2n) is 14.0. The van der Waals surface area contributed by atoms with Crippen molar-refractivity contribution in [3.05, 3.63) is 150 Å². The van der Waals surface area contributed by atoms with Crippen molar-refractivity contribution in [1.82, 2.24) is 34.9 Å². The molecule has 1 aromatic heterocycles. The summed E-state index contributed by atoms with van der Waals surface area (Å²) in [5.41, 5.74) is 4.61. The first-order valence-electron chi connectivity index (χ1n) is 18.7. The molecule has 0 bridgehead atoms. The van der Waals surface area contributed by atoms with Gasteiger partial charge in [-0.1, -0.05) is 121 Å². The summed E-state index contributed by atoms with van der Waals surface area (Å²) >= 11 is 0. The number of carboxylic acid groups (broad SMARTS) is 1. The normalized spacial score (nSPS) is 17.9. The van der Waals surface area contributed by atoms with E-state index in [1.807, 2.05) is 119 Å². The van der Waals surface area contributed by atoms with Crippen LogP contribution in [0.1, 0.15) is 27.2 Å². The van der Waals surface area contributed by atoms with E-state index in [9.17, 15) is 19.5 Å². The number of hydrogen-bond acceptors (Lipinski definition) is 6. The molecule has 3 N–H and O–H groups in total. The van der Waals surface area contributed by atoms with Gasteiger partial charge in [0, 0.05) is 63.5 Å². The van der Waals surface area contributed by atoms with Gasteiger partial charge in [0.15, 0.2) is 5.69 Å². The van der Waals surface area contributed by atoms with Gasteiger partial charge in [-0.05, 0) is 29.5 Å². The standard InChI is InChI=1S/C43H47N7O4/c51-41(48-23-21-44-27-36(48)25-32-13-5-1-6-14-32)38(50(43(53)54)29-34-17-9-3-10-18-34)30-47-31-46-39(40(47)35-19-11-4-12-20-35)42(52)49-24-22-45-28-37(49)26-33-15-7-2-8-16-33/h1-20,31,36-38,44-45H,21-30H2,(H,53,54)/t36-,37-,38-/m1/s1. The number of imidazole rings is 1. The molecule has 0 radical (unpaired) electrons. The third kappa shape index (κ3) is 8.54. The Labute approximate surface area is 316 Å². The molecule has 2 saturated heterocycles. The Kier molecular flexibility index (Phi) is 11.8. The van der Waals surface area contributed by atoms with Crippen LogP contribution in [0, 0.1) is 0 Å². The molecule has 3 atom stereocenters. The monoisotopic (exact) mass is 725 g/mol. The molecule has 2 fully saturated rings. The van der Waals surface area contributed by atoms with Gasteiger partial charge in [0.1, 0.15) is 6.04 Å². The molecule has 0 saturated carbocycles. The Morgan fingerprint density at radius 3 is 1.76 bits per heavy atom. The van der Waals surface area contributed by atoms with Crippen LogP contribution in [0.2, 0.25) is 0 Å². The number of rotatable bonds is 12. The van der Waals surface area contributed by atoms with Crippen LogP contribution in [0.5, 0.6) is 0 Å². The lowest BCUT2D eigenvalue weighted by Crippen LogP contribution is -2.60. The Morgan fingerprint density at radius 1 is 0.704 bits per heavy atom. The van der Waals surface area contributed by atoms with Crippen molar-refractivity contribution in [2.24, 2.45) is 0 Å². The molecule has 5 aromatic rings. The first-order valence-corrected chi connectivity index (χ1v) is 18.7. The van der Waals surface area contributed by atoms with Crippen LogP contribution in [0.4, 0.5) is 4.79 Å². The van der Waals surface area contributed by atoms with Crippen LogP contribution in [-0.2, 0) is 30.7 Å². The number of hydrogen-bond donors (Lipinski definition) is 3. The van der Waals surface area contributed by atoms with E-state index in [2.05, 4.69) is 22.8 Å². The van der Waals surface area contributed by atoms with Crippen LogP contribution in [0.25, 0.3) is 11.3 Å². The molecular formula is C43H47N7O4. The van der Waals surface area contributed by atoms with Crippen molar-refractivity contribution in [3.8, 4) is 11.3 Å². The van der Waals surface area contributed by atoms with E-state index in [4.69, 9.17) is 4.98 Å². The van der Waals surface area contributed by atoms with Gasteiger partial charge in [-0.3, -0.25) is 14.5 Å². The molecule has 11 heteroatoms. The average molecular weight is 726 g/mol. The molecule has 0 spiro atoms. The molecule has 0 unspecified atom stereocenters. The molecule has 0 aliphatic carbocycles. The quantitative estimate of drug-likeness (QED) is 0.169. The van der Waals surface area contributed by atoms with E-state index in [1.165, 1.54) is 4.90 Å². The average Bonchev–Trinajstić information content (AvgIpc) is 3.64. The molecule has 4 aromatic carbocycles. The topological polar surface area (TPSA) is 123 Å². The highest BCUT2D eigenvalue weighted by atomic mass is 16.4. The highest BCUT2D eigenvalue weighted by molar-refractivity contribution is 5.98. The SMILES string of the molecule is O=C(c1ncn(C[C@H](C(=O)N2CCNC[C@H]2Cc2ccccc2)N(Cc2ccccc2)C(=O)O)c1-c1ccccc1)N1CCNC[C@H]1Cc1ccccc1. The van der Waals surface area contributed by atoms with Gasteiger partial charge >= 0.3 is 6.09 Å². The van der Waals surface area contributed by atoms with Gasteiger partial charge < -0.3 is 30.1 Å². The number of nitrogens with zero attached hydrogens (tertiary/aromatic N) is 5. The number of nitrogens with one attached hydrogen (secondary N) is 2. The van der Waals surface area contributed by atoms with E-state index >= 15 is 0 Å². The summed E-state index contributed by atoms with van der Waals surface area (Å²) in [6, 6.07) is 37.7. The molecule has 2 aliphatic heterocycles. The summed E-state index contributed by atoms with van der Waals surface area (Å²) in [4.78, 5) is 52.5. The highest BCUT2D eigenvalue weighted by Crippen LogP contribution is 2.28. The predicted octanol–water partition coefficient (Wildman–Crippen LogP) is 4.80. The lowest BCUT2D eigenvalue weighted by atomic mass is 10.0. The third-order valence-electron chi connectivity index (χ3n) is 10.4. The van der Waals surface area contributed by atoms with Gasteiger partial charge in [-0.25, -0.2) is 9.78 Å². The lowest BCUT2D eigenvalue weighted by molar-refractivity contribution is -0.140. The van der Waals surface area contributed by atoms with Crippen molar-refractivity contribution < 1.29 is 19.5 Å². The van der Waals surface area contributed by atoms with E-state index in [0.29, 0.717) is 57.8 Å². The number of carbonyl (C=O) groups excluding carboxylic acids is 2. The molecule has 3 amide bonds. The van der Waals surface area contributed by atoms with Crippen LogP contribution in [-0.4, -0.2) is 105 Å². The smallest absolute Gasteiger partial charge is 0.408 e. The van der Waals surface area contributed by atoms with E-state index < -0.39 is 12.1 Å². The molecule has 7 rings (SSSR count). The third-order valence-corrected chi connectivity index (χ3v) is 10.4. The fourth-order valence-corrected chi connectivity index (χ4v) is 7.71. The molecule has 2 aliphatic rings. The van der Waals surface area contributed by atoms with Crippen LogP contribution >= 0.6 is 0 Å². The maximum Gasteiger partial charge on any atom is 0.408 e. The summed E-state index contributed by atoms with van der Waals surface area (Å²) in [5.74, 6) is -0.469. The first kappa shape index (κ1) is 36.6. The Hall–Kier alpha value is -5.78. The number of benzene rings is 4. The fraction of sp³-hybridized carbons (Fsp3) is 0.302. The summed E-state index contributed by atoms with van der Waals surface area (Å²) in [6.45, 7) is 3.46. The van der Waals surface area contributed by atoms with Crippen LogP contribution in [0.3, 0.4) is 0 Å². The number of carbonyl (C=O) groups is 3.